The van der Waals surface area contributed by atoms with Crippen molar-refractivity contribution in [3.8, 4) is 5.88 Å². The molecule has 0 aliphatic heterocycles. The van der Waals surface area contributed by atoms with Crippen LogP contribution in [0.2, 0.25) is 0 Å². The van der Waals surface area contributed by atoms with Gasteiger partial charge in [-0.25, -0.2) is 4.98 Å². The molecule has 1 N–H and O–H groups in total. The van der Waals surface area contributed by atoms with E-state index < -0.39 is 10.3 Å². The van der Waals surface area contributed by atoms with Gasteiger partial charge in [-0.2, -0.15) is 0 Å². The quantitative estimate of drug-likeness (QED) is 0.584. The zero-order valence-corrected chi connectivity index (χ0v) is 16.2. The highest BCUT2D eigenvalue weighted by atomic mass is 16.6. The van der Waals surface area contributed by atoms with Crippen molar-refractivity contribution in [3.05, 3.63) is 57.8 Å². The van der Waals surface area contributed by atoms with E-state index in [1.54, 1.807) is 24.3 Å². The van der Waals surface area contributed by atoms with E-state index >= 15 is 0 Å². The lowest BCUT2D eigenvalue weighted by Gasteiger charge is -2.36. The van der Waals surface area contributed by atoms with E-state index in [-0.39, 0.29) is 11.6 Å². The molecule has 7 nitrogen and oxygen atoms in total. The molecule has 7 heteroatoms. The van der Waals surface area contributed by atoms with E-state index in [9.17, 15) is 14.9 Å². The van der Waals surface area contributed by atoms with Crippen molar-refractivity contribution in [1.82, 2.24) is 4.98 Å². The number of aryl methyl sites for hydroxylation is 1. The molecule has 0 spiro atoms. The summed E-state index contributed by atoms with van der Waals surface area (Å²) in [5, 5.41) is 14.0. The zero-order chi connectivity index (χ0) is 20.1. The molecule has 2 aromatic rings. The molecule has 0 bridgehead atoms. The fourth-order valence-electron chi connectivity index (χ4n) is 3.84. The SMILES string of the molecule is CCOc1ccc(NC(=O)C2(c3ccc([N+](=O)[O-])cc3)CCCCC2)c(C)n1. The average molecular weight is 383 g/mol. The predicted molar refractivity (Wildman–Crippen MR) is 107 cm³/mol. The van der Waals surface area contributed by atoms with Crippen LogP contribution in [0.4, 0.5) is 11.4 Å². The summed E-state index contributed by atoms with van der Waals surface area (Å²) in [4.78, 5) is 28.3. The first-order valence-corrected chi connectivity index (χ1v) is 9.63. The van der Waals surface area contributed by atoms with E-state index in [0.29, 0.717) is 23.9 Å². The Balaban J connectivity index is 1.89. The van der Waals surface area contributed by atoms with Crippen molar-refractivity contribution in [2.45, 2.75) is 51.4 Å². The minimum absolute atomic E-state index is 0.0293. The van der Waals surface area contributed by atoms with E-state index in [4.69, 9.17) is 4.74 Å². The molecule has 0 unspecified atom stereocenters. The first-order valence-electron chi connectivity index (χ1n) is 9.63. The number of ether oxygens (including phenoxy) is 1. The molecular formula is C21H25N3O4. The third kappa shape index (κ3) is 3.98. The van der Waals surface area contributed by atoms with Crippen LogP contribution in [-0.2, 0) is 10.2 Å². The number of non-ortho nitro benzene ring substituents is 1. The van der Waals surface area contributed by atoms with E-state index in [1.165, 1.54) is 12.1 Å². The van der Waals surface area contributed by atoms with Crippen molar-refractivity contribution < 1.29 is 14.5 Å². The van der Waals surface area contributed by atoms with Gasteiger partial charge in [0.1, 0.15) is 0 Å². The standard InChI is InChI=1S/C21H25N3O4/c1-3-28-19-12-11-18(15(2)22-19)23-20(25)21(13-5-4-6-14-21)16-7-9-17(10-8-16)24(26)27/h7-12H,3-6,13-14H2,1-2H3,(H,23,25). The van der Waals surface area contributed by atoms with Gasteiger partial charge in [0, 0.05) is 18.2 Å². The Bertz CT molecular complexity index is 858. The van der Waals surface area contributed by atoms with Crippen LogP contribution in [0.5, 0.6) is 5.88 Å². The van der Waals surface area contributed by atoms with Crippen LogP contribution in [0.3, 0.4) is 0 Å². The van der Waals surface area contributed by atoms with Crippen molar-refractivity contribution in [3.63, 3.8) is 0 Å². The fraction of sp³-hybridized carbons (Fsp3) is 0.429. The first kappa shape index (κ1) is 19.8. The zero-order valence-electron chi connectivity index (χ0n) is 16.2. The van der Waals surface area contributed by atoms with Crippen molar-refractivity contribution in [2.24, 2.45) is 0 Å². The number of amides is 1. The summed E-state index contributed by atoms with van der Waals surface area (Å²) in [7, 11) is 0. The Morgan fingerprint density at radius 2 is 1.86 bits per heavy atom. The topological polar surface area (TPSA) is 94.4 Å². The Kier molecular flexibility index (Phi) is 5.92. The molecule has 1 amide bonds. The summed E-state index contributed by atoms with van der Waals surface area (Å²) in [5.41, 5.74) is 1.51. The first-order chi connectivity index (χ1) is 13.5. The largest absolute Gasteiger partial charge is 0.478 e. The van der Waals surface area contributed by atoms with E-state index in [0.717, 1.165) is 37.7 Å². The highest BCUT2D eigenvalue weighted by Gasteiger charge is 2.41. The number of hydrogen-bond donors (Lipinski definition) is 1. The van der Waals surface area contributed by atoms with Gasteiger partial charge in [-0.1, -0.05) is 31.4 Å². The molecule has 1 aliphatic rings. The maximum atomic E-state index is 13.4. The number of nitrogens with zero attached hydrogens (tertiary/aromatic N) is 2. The second kappa shape index (κ2) is 8.37. The summed E-state index contributed by atoms with van der Waals surface area (Å²) < 4.78 is 5.40. The van der Waals surface area contributed by atoms with Crippen molar-refractivity contribution >= 4 is 17.3 Å². The van der Waals surface area contributed by atoms with Gasteiger partial charge in [0.15, 0.2) is 0 Å². The number of rotatable bonds is 6. The van der Waals surface area contributed by atoms with Crippen LogP contribution in [0.25, 0.3) is 0 Å². The third-order valence-electron chi connectivity index (χ3n) is 5.37. The molecule has 1 fully saturated rings. The lowest BCUT2D eigenvalue weighted by atomic mass is 9.68. The van der Waals surface area contributed by atoms with Crippen LogP contribution < -0.4 is 10.1 Å². The molecule has 148 valence electrons. The van der Waals surface area contributed by atoms with Gasteiger partial charge >= 0.3 is 0 Å². The molecule has 1 heterocycles. The van der Waals surface area contributed by atoms with E-state index in [2.05, 4.69) is 10.3 Å². The van der Waals surface area contributed by atoms with Gasteiger partial charge in [-0.05, 0) is 38.3 Å². The molecule has 28 heavy (non-hydrogen) atoms. The van der Waals surface area contributed by atoms with Gasteiger partial charge in [0.05, 0.1) is 28.3 Å². The molecule has 1 saturated carbocycles. The highest BCUT2D eigenvalue weighted by molar-refractivity contribution is 5.99. The fourth-order valence-corrected chi connectivity index (χ4v) is 3.84. The monoisotopic (exact) mass is 383 g/mol. The van der Waals surface area contributed by atoms with Gasteiger partial charge < -0.3 is 10.1 Å². The van der Waals surface area contributed by atoms with Crippen LogP contribution in [0.15, 0.2) is 36.4 Å². The number of nitrogens with one attached hydrogen (secondary N) is 1. The maximum absolute atomic E-state index is 13.4. The van der Waals surface area contributed by atoms with Crippen molar-refractivity contribution in [2.75, 3.05) is 11.9 Å². The predicted octanol–water partition coefficient (Wildman–Crippen LogP) is 4.54. The summed E-state index contributed by atoms with van der Waals surface area (Å²) in [6.45, 7) is 4.25. The lowest BCUT2D eigenvalue weighted by molar-refractivity contribution is -0.384. The summed E-state index contributed by atoms with van der Waals surface area (Å²) in [6, 6.07) is 9.92. The maximum Gasteiger partial charge on any atom is 0.269 e. The lowest BCUT2D eigenvalue weighted by Crippen LogP contribution is -2.42. The number of nitro groups is 1. The molecule has 0 radical (unpaired) electrons. The average Bonchev–Trinajstić information content (AvgIpc) is 2.70. The molecular weight excluding hydrogens is 358 g/mol. The Labute approximate surface area is 164 Å². The van der Waals surface area contributed by atoms with Gasteiger partial charge in [0.25, 0.3) is 5.69 Å². The summed E-state index contributed by atoms with van der Waals surface area (Å²) in [5.74, 6) is 0.441. The minimum atomic E-state index is -0.682. The molecule has 1 aromatic carbocycles. The Morgan fingerprint density at radius 3 is 2.43 bits per heavy atom. The third-order valence-corrected chi connectivity index (χ3v) is 5.37. The number of hydrogen-bond acceptors (Lipinski definition) is 5. The number of carbonyl (C=O) groups excluding carboxylic acids is 1. The minimum Gasteiger partial charge on any atom is -0.478 e. The second-order valence-electron chi connectivity index (χ2n) is 7.12. The molecule has 0 saturated heterocycles. The number of benzene rings is 1. The number of aromatic nitrogens is 1. The number of carbonyl (C=O) groups is 1. The Hall–Kier alpha value is -2.96. The van der Waals surface area contributed by atoms with Gasteiger partial charge in [-0.15, -0.1) is 0 Å². The normalized spacial score (nSPS) is 15.6. The number of nitro benzene ring substituents is 1. The molecule has 3 rings (SSSR count). The summed E-state index contributed by atoms with van der Waals surface area (Å²) >= 11 is 0. The van der Waals surface area contributed by atoms with Crippen LogP contribution >= 0.6 is 0 Å². The van der Waals surface area contributed by atoms with Crippen LogP contribution in [0, 0.1) is 17.0 Å². The highest BCUT2D eigenvalue weighted by Crippen LogP contribution is 2.41. The molecule has 1 aliphatic carbocycles. The number of anilines is 1. The number of pyridine rings is 1. The van der Waals surface area contributed by atoms with Crippen LogP contribution in [-0.4, -0.2) is 22.4 Å². The van der Waals surface area contributed by atoms with Crippen molar-refractivity contribution in [1.29, 1.82) is 0 Å². The van der Waals surface area contributed by atoms with E-state index in [1.807, 2.05) is 13.8 Å². The second-order valence-corrected chi connectivity index (χ2v) is 7.12. The molecule has 1 aromatic heterocycles. The van der Waals surface area contributed by atoms with Gasteiger partial charge in [-0.3, -0.25) is 14.9 Å². The summed E-state index contributed by atoms with van der Waals surface area (Å²) in [6.07, 6.45) is 4.43. The van der Waals surface area contributed by atoms with Gasteiger partial charge in [0.2, 0.25) is 11.8 Å². The molecule has 0 atom stereocenters. The Morgan fingerprint density at radius 1 is 1.18 bits per heavy atom. The smallest absolute Gasteiger partial charge is 0.269 e. The van der Waals surface area contributed by atoms with Crippen LogP contribution in [0.1, 0.15) is 50.3 Å².